The highest BCUT2D eigenvalue weighted by molar-refractivity contribution is 5.86. The van der Waals surface area contributed by atoms with Gasteiger partial charge in [0.2, 0.25) is 0 Å². The number of anilines is 1. The zero-order chi connectivity index (χ0) is 21.4. The van der Waals surface area contributed by atoms with Gasteiger partial charge in [0.05, 0.1) is 23.3 Å². The molecule has 0 saturated heterocycles. The van der Waals surface area contributed by atoms with Gasteiger partial charge in [0.1, 0.15) is 11.3 Å². The van der Waals surface area contributed by atoms with Gasteiger partial charge in [0.15, 0.2) is 5.82 Å². The zero-order valence-electron chi connectivity index (χ0n) is 16.8. The molecule has 0 radical (unpaired) electrons. The molecule has 0 spiro atoms. The third-order valence-corrected chi connectivity index (χ3v) is 5.45. The van der Waals surface area contributed by atoms with Crippen molar-refractivity contribution in [2.45, 2.75) is 19.4 Å². The molecule has 3 aromatic heterocycles. The summed E-state index contributed by atoms with van der Waals surface area (Å²) in [4.78, 5) is 25.4. The molecule has 6 nitrogen and oxygen atoms in total. The van der Waals surface area contributed by atoms with Crippen molar-refractivity contribution < 1.29 is 4.39 Å². The summed E-state index contributed by atoms with van der Waals surface area (Å²) in [7, 11) is 0. The predicted octanol–water partition coefficient (Wildman–Crippen LogP) is 4.96. The Kier molecular flexibility index (Phi) is 4.71. The molecule has 3 heterocycles. The summed E-state index contributed by atoms with van der Waals surface area (Å²) in [5, 5.41) is 4.09. The highest BCUT2D eigenvalue weighted by Crippen LogP contribution is 2.28. The number of nitrogens with one attached hydrogen (secondary N) is 2. The van der Waals surface area contributed by atoms with E-state index in [9.17, 15) is 9.18 Å². The van der Waals surface area contributed by atoms with Crippen LogP contribution in [0.1, 0.15) is 25.1 Å². The quantitative estimate of drug-likeness (QED) is 0.427. The SMILES string of the molecule is CCC(Nc1nccc2[nH]cnc12)c1cc2cccc(F)c2c(=O)n1-c1ccccc1. The third kappa shape index (κ3) is 3.24. The van der Waals surface area contributed by atoms with Crippen molar-refractivity contribution in [1.82, 2.24) is 19.5 Å². The molecule has 154 valence electrons. The Hall–Kier alpha value is -4.00. The van der Waals surface area contributed by atoms with Crippen molar-refractivity contribution in [2.24, 2.45) is 0 Å². The number of halogens is 1. The fourth-order valence-corrected chi connectivity index (χ4v) is 3.96. The smallest absolute Gasteiger partial charge is 0.266 e. The van der Waals surface area contributed by atoms with E-state index >= 15 is 0 Å². The van der Waals surface area contributed by atoms with E-state index in [1.807, 2.05) is 49.4 Å². The minimum absolute atomic E-state index is 0.0810. The minimum atomic E-state index is -0.525. The first-order valence-corrected chi connectivity index (χ1v) is 10.1. The summed E-state index contributed by atoms with van der Waals surface area (Å²) < 4.78 is 16.2. The second kappa shape index (κ2) is 7.68. The number of para-hydroxylation sites is 1. The molecule has 2 aromatic carbocycles. The van der Waals surface area contributed by atoms with E-state index in [-0.39, 0.29) is 17.0 Å². The maximum Gasteiger partial charge on any atom is 0.266 e. The standard InChI is InChI=1S/C24H20FN5O/c1-2-18(29-23-22-19(11-12-26-23)27-14-28-22)20-13-15-7-6-10-17(25)21(15)24(31)30(20)16-8-4-3-5-9-16/h3-14,18H,2H2,1H3,(H,26,29)(H,27,28). The first-order chi connectivity index (χ1) is 15.2. The van der Waals surface area contributed by atoms with Crippen molar-refractivity contribution in [2.75, 3.05) is 5.32 Å². The lowest BCUT2D eigenvalue weighted by atomic mass is 10.0. The van der Waals surface area contributed by atoms with E-state index in [1.54, 1.807) is 29.2 Å². The molecular weight excluding hydrogens is 393 g/mol. The van der Waals surface area contributed by atoms with Gasteiger partial charge in [0, 0.05) is 17.6 Å². The number of pyridine rings is 2. The average molecular weight is 413 g/mol. The monoisotopic (exact) mass is 413 g/mol. The molecule has 0 bridgehead atoms. The van der Waals surface area contributed by atoms with Crippen LogP contribution in [0.3, 0.4) is 0 Å². The van der Waals surface area contributed by atoms with E-state index in [2.05, 4.69) is 20.3 Å². The van der Waals surface area contributed by atoms with Crippen molar-refractivity contribution in [3.8, 4) is 5.69 Å². The summed E-state index contributed by atoms with van der Waals surface area (Å²) in [6.45, 7) is 2.03. The van der Waals surface area contributed by atoms with Gasteiger partial charge in [-0.3, -0.25) is 9.36 Å². The molecule has 5 rings (SSSR count). The average Bonchev–Trinajstić information content (AvgIpc) is 3.27. The number of rotatable bonds is 5. The van der Waals surface area contributed by atoms with E-state index in [0.717, 1.165) is 16.7 Å². The maximum absolute atomic E-state index is 14.6. The lowest BCUT2D eigenvalue weighted by Gasteiger charge is -2.23. The zero-order valence-corrected chi connectivity index (χ0v) is 16.8. The minimum Gasteiger partial charge on any atom is -0.360 e. The van der Waals surface area contributed by atoms with Crippen molar-refractivity contribution in [3.63, 3.8) is 0 Å². The highest BCUT2D eigenvalue weighted by Gasteiger charge is 2.21. The molecule has 5 aromatic rings. The highest BCUT2D eigenvalue weighted by atomic mass is 19.1. The van der Waals surface area contributed by atoms with Crippen LogP contribution >= 0.6 is 0 Å². The number of hydrogen-bond donors (Lipinski definition) is 2. The Labute approximate surface area is 177 Å². The Morgan fingerprint density at radius 2 is 1.94 bits per heavy atom. The Bertz CT molecular complexity index is 1440. The van der Waals surface area contributed by atoms with Crippen LogP contribution in [-0.4, -0.2) is 19.5 Å². The van der Waals surface area contributed by atoms with E-state index < -0.39 is 5.82 Å². The predicted molar refractivity (Wildman–Crippen MR) is 120 cm³/mol. The summed E-state index contributed by atoms with van der Waals surface area (Å²) >= 11 is 0. The second-order valence-electron chi connectivity index (χ2n) is 7.31. The molecule has 1 unspecified atom stereocenters. The van der Waals surface area contributed by atoms with Gasteiger partial charge in [0.25, 0.3) is 5.56 Å². The van der Waals surface area contributed by atoms with Crippen molar-refractivity contribution in [3.05, 3.63) is 95.1 Å². The second-order valence-corrected chi connectivity index (χ2v) is 7.31. The number of H-pyrrole nitrogens is 1. The van der Waals surface area contributed by atoms with Crippen LogP contribution < -0.4 is 10.9 Å². The molecule has 0 fully saturated rings. The van der Waals surface area contributed by atoms with Gasteiger partial charge in [-0.1, -0.05) is 37.3 Å². The third-order valence-electron chi connectivity index (χ3n) is 5.45. The number of aromatic amines is 1. The van der Waals surface area contributed by atoms with Gasteiger partial charge in [-0.05, 0) is 42.1 Å². The molecule has 0 aliphatic rings. The van der Waals surface area contributed by atoms with Crippen LogP contribution in [0.5, 0.6) is 0 Å². The van der Waals surface area contributed by atoms with Crippen molar-refractivity contribution >= 4 is 27.6 Å². The van der Waals surface area contributed by atoms with Gasteiger partial charge in [-0.2, -0.15) is 0 Å². The summed E-state index contributed by atoms with van der Waals surface area (Å²) in [6, 6.07) is 17.5. The number of imidazole rings is 1. The Morgan fingerprint density at radius 1 is 1.10 bits per heavy atom. The van der Waals surface area contributed by atoms with Crippen LogP contribution in [0.15, 0.2) is 78.0 Å². The van der Waals surface area contributed by atoms with Crippen LogP contribution in [0.4, 0.5) is 10.2 Å². The van der Waals surface area contributed by atoms with Gasteiger partial charge < -0.3 is 10.3 Å². The van der Waals surface area contributed by atoms with Crippen LogP contribution in [0.2, 0.25) is 0 Å². The van der Waals surface area contributed by atoms with Crippen LogP contribution in [0.25, 0.3) is 27.5 Å². The van der Waals surface area contributed by atoms with Crippen LogP contribution in [-0.2, 0) is 0 Å². The van der Waals surface area contributed by atoms with Crippen LogP contribution in [0, 0.1) is 5.82 Å². The number of nitrogens with zero attached hydrogens (tertiary/aromatic N) is 3. The number of fused-ring (bicyclic) bond motifs is 2. The van der Waals surface area contributed by atoms with Gasteiger partial charge in [-0.25, -0.2) is 14.4 Å². The fraction of sp³-hybridized carbons (Fsp3) is 0.125. The topological polar surface area (TPSA) is 75.6 Å². The number of benzene rings is 2. The summed E-state index contributed by atoms with van der Waals surface area (Å²) in [6.07, 6.45) is 4.00. The fourth-order valence-electron chi connectivity index (χ4n) is 3.96. The summed E-state index contributed by atoms with van der Waals surface area (Å²) in [5.74, 6) is 0.0969. The first-order valence-electron chi connectivity index (χ1n) is 10.1. The van der Waals surface area contributed by atoms with E-state index in [0.29, 0.717) is 23.3 Å². The number of hydrogen-bond acceptors (Lipinski definition) is 4. The lowest BCUT2D eigenvalue weighted by molar-refractivity contribution is 0.635. The number of aromatic nitrogens is 4. The molecule has 0 saturated carbocycles. The Morgan fingerprint density at radius 3 is 2.74 bits per heavy atom. The first kappa shape index (κ1) is 19.0. The van der Waals surface area contributed by atoms with Gasteiger partial charge >= 0.3 is 0 Å². The normalized spacial score (nSPS) is 12.3. The van der Waals surface area contributed by atoms with Gasteiger partial charge in [-0.15, -0.1) is 0 Å². The molecule has 2 N–H and O–H groups in total. The molecule has 0 aliphatic heterocycles. The van der Waals surface area contributed by atoms with Crippen molar-refractivity contribution in [1.29, 1.82) is 0 Å². The van der Waals surface area contributed by atoms with E-state index in [4.69, 9.17) is 0 Å². The lowest BCUT2D eigenvalue weighted by Crippen LogP contribution is -2.27. The molecule has 0 amide bonds. The largest absolute Gasteiger partial charge is 0.360 e. The summed E-state index contributed by atoms with van der Waals surface area (Å²) in [5.41, 5.74) is 2.61. The van der Waals surface area contributed by atoms with E-state index in [1.165, 1.54) is 6.07 Å². The molecule has 1 atom stereocenters. The molecule has 0 aliphatic carbocycles. The molecule has 31 heavy (non-hydrogen) atoms. The Balaban J connectivity index is 1.74. The maximum atomic E-state index is 14.6. The molecular formula is C24H20FN5O. The molecule has 7 heteroatoms.